The largest absolute Gasteiger partial charge is 0.507 e. The van der Waals surface area contributed by atoms with Crippen LogP contribution in [0.3, 0.4) is 0 Å². The van der Waals surface area contributed by atoms with Crippen molar-refractivity contribution in [2.45, 2.75) is 6.54 Å². The van der Waals surface area contributed by atoms with Gasteiger partial charge in [-0.15, -0.1) is 0 Å². The summed E-state index contributed by atoms with van der Waals surface area (Å²) >= 11 is 0. The second-order valence-electron chi connectivity index (χ2n) is 2.30. The molecule has 66 valence electrons. The molecule has 0 heterocycles. The maximum absolute atomic E-state index is 9.26. The first-order valence-electron chi connectivity index (χ1n) is 3.51. The fourth-order valence-electron chi connectivity index (χ4n) is 0.888. The molecule has 1 rings (SSSR count). The minimum Gasteiger partial charge on any atom is -0.507 e. The van der Waals surface area contributed by atoms with Crippen LogP contribution in [0.1, 0.15) is 5.56 Å². The zero-order valence-electron chi connectivity index (χ0n) is 6.74. The maximum Gasteiger partial charge on any atom is 0.123 e. The summed E-state index contributed by atoms with van der Waals surface area (Å²) in [5.74, 6) is 0.110. The molecule has 0 amide bonds. The number of nitrogens with one attached hydrogen (secondary N) is 1. The molecule has 0 spiro atoms. The van der Waals surface area contributed by atoms with Crippen LogP contribution in [0.25, 0.3) is 0 Å². The van der Waals surface area contributed by atoms with E-state index >= 15 is 0 Å². The zero-order valence-corrected chi connectivity index (χ0v) is 6.74. The standard InChI is InChI=1S/C8H11NO3/c1-12-9-5-6-7(10)3-2-4-8(6)11/h2-4,9-11H,5H2,1H3. The van der Waals surface area contributed by atoms with Gasteiger partial charge in [-0.25, -0.2) is 0 Å². The normalized spacial score (nSPS) is 10.1. The number of hydrogen-bond donors (Lipinski definition) is 3. The molecular formula is C8H11NO3. The Hall–Kier alpha value is -1.26. The molecule has 0 saturated carbocycles. The van der Waals surface area contributed by atoms with E-state index in [1.54, 1.807) is 6.07 Å². The van der Waals surface area contributed by atoms with Crippen molar-refractivity contribution in [1.29, 1.82) is 0 Å². The first-order chi connectivity index (χ1) is 5.75. The maximum atomic E-state index is 9.26. The van der Waals surface area contributed by atoms with Crippen molar-refractivity contribution >= 4 is 0 Å². The van der Waals surface area contributed by atoms with E-state index in [9.17, 15) is 10.2 Å². The van der Waals surface area contributed by atoms with Gasteiger partial charge in [-0.3, -0.25) is 0 Å². The molecular weight excluding hydrogens is 158 g/mol. The molecule has 0 aliphatic carbocycles. The predicted octanol–water partition coefficient (Wildman–Crippen LogP) is 0.749. The average molecular weight is 169 g/mol. The Bertz CT molecular complexity index is 242. The molecule has 0 fully saturated rings. The summed E-state index contributed by atoms with van der Waals surface area (Å²) in [5.41, 5.74) is 2.96. The fraction of sp³-hybridized carbons (Fsp3) is 0.250. The number of phenols is 2. The van der Waals surface area contributed by atoms with Crippen molar-refractivity contribution in [3.05, 3.63) is 23.8 Å². The lowest BCUT2D eigenvalue weighted by Gasteiger charge is -2.06. The molecule has 0 saturated heterocycles. The summed E-state index contributed by atoms with van der Waals surface area (Å²) in [6.45, 7) is 0.273. The lowest BCUT2D eigenvalue weighted by atomic mass is 10.2. The van der Waals surface area contributed by atoms with Crippen molar-refractivity contribution < 1.29 is 15.1 Å². The summed E-state index contributed by atoms with van der Waals surface area (Å²) in [7, 11) is 1.47. The topological polar surface area (TPSA) is 61.7 Å². The minimum absolute atomic E-state index is 0.0551. The summed E-state index contributed by atoms with van der Waals surface area (Å²) in [6, 6.07) is 4.58. The van der Waals surface area contributed by atoms with Crippen LogP contribution in [0.15, 0.2) is 18.2 Å². The molecule has 0 aromatic heterocycles. The summed E-state index contributed by atoms with van der Waals surface area (Å²) in [5, 5.41) is 18.5. The molecule has 0 atom stereocenters. The van der Waals surface area contributed by atoms with Gasteiger partial charge in [-0.05, 0) is 12.1 Å². The van der Waals surface area contributed by atoms with Crippen molar-refractivity contribution in [3.63, 3.8) is 0 Å². The Kier molecular flexibility index (Phi) is 2.90. The van der Waals surface area contributed by atoms with Gasteiger partial charge >= 0.3 is 0 Å². The summed E-state index contributed by atoms with van der Waals surface area (Å²) < 4.78 is 0. The van der Waals surface area contributed by atoms with Crippen molar-refractivity contribution in [2.24, 2.45) is 0 Å². The molecule has 3 N–H and O–H groups in total. The van der Waals surface area contributed by atoms with E-state index in [1.807, 2.05) is 0 Å². The van der Waals surface area contributed by atoms with E-state index in [-0.39, 0.29) is 18.0 Å². The highest BCUT2D eigenvalue weighted by molar-refractivity contribution is 5.42. The molecule has 4 heteroatoms. The van der Waals surface area contributed by atoms with Crippen LogP contribution >= 0.6 is 0 Å². The third kappa shape index (κ3) is 1.87. The molecule has 0 aliphatic rings. The van der Waals surface area contributed by atoms with Gasteiger partial charge in [0.25, 0.3) is 0 Å². The van der Waals surface area contributed by atoms with Crippen LogP contribution in [-0.4, -0.2) is 17.3 Å². The van der Waals surface area contributed by atoms with Gasteiger partial charge in [0.1, 0.15) is 11.5 Å². The zero-order chi connectivity index (χ0) is 8.97. The van der Waals surface area contributed by atoms with Crippen LogP contribution in [0.5, 0.6) is 11.5 Å². The van der Waals surface area contributed by atoms with Gasteiger partial charge in [0.05, 0.1) is 19.2 Å². The van der Waals surface area contributed by atoms with E-state index in [4.69, 9.17) is 0 Å². The highest BCUT2D eigenvalue weighted by atomic mass is 16.6. The van der Waals surface area contributed by atoms with E-state index in [1.165, 1.54) is 19.2 Å². The second-order valence-corrected chi connectivity index (χ2v) is 2.30. The Morgan fingerprint density at radius 1 is 1.33 bits per heavy atom. The number of hydroxylamine groups is 1. The highest BCUT2D eigenvalue weighted by Crippen LogP contribution is 2.25. The number of aromatic hydroxyl groups is 2. The number of hydrogen-bond acceptors (Lipinski definition) is 4. The van der Waals surface area contributed by atoms with Crippen LogP contribution in [0.4, 0.5) is 0 Å². The van der Waals surface area contributed by atoms with Gasteiger partial charge in [0.2, 0.25) is 0 Å². The summed E-state index contributed by atoms with van der Waals surface area (Å²) in [4.78, 5) is 4.58. The second kappa shape index (κ2) is 3.94. The number of phenolic OH excluding ortho intramolecular Hbond substituents is 2. The molecule has 1 aromatic rings. The predicted molar refractivity (Wildman–Crippen MR) is 43.6 cm³/mol. The fourth-order valence-corrected chi connectivity index (χ4v) is 0.888. The third-order valence-electron chi connectivity index (χ3n) is 1.52. The van der Waals surface area contributed by atoms with E-state index in [2.05, 4.69) is 10.3 Å². The van der Waals surface area contributed by atoms with Crippen molar-refractivity contribution in [2.75, 3.05) is 7.11 Å². The summed E-state index contributed by atoms with van der Waals surface area (Å²) in [6.07, 6.45) is 0. The van der Waals surface area contributed by atoms with Gasteiger partial charge in [0.15, 0.2) is 0 Å². The molecule has 0 bridgehead atoms. The lowest BCUT2D eigenvalue weighted by Crippen LogP contribution is -2.10. The van der Waals surface area contributed by atoms with Gasteiger partial charge in [-0.1, -0.05) is 6.07 Å². The van der Waals surface area contributed by atoms with Crippen LogP contribution in [0, 0.1) is 0 Å². The molecule has 12 heavy (non-hydrogen) atoms. The molecule has 0 radical (unpaired) electrons. The number of benzene rings is 1. The smallest absolute Gasteiger partial charge is 0.123 e. The first kappa shape index (κ1) is 8.83. The average Bonchev–Trinajstić information content (AvgIpc) is 2.04. The Balaban J connectivity index is 2.81. The quantitative estimate of drug-likeness (QED) is 0.584. The third-order valence-corrected chi connectivity index (χ3v) is 1.52. The van der Waals surface area contributed by atoms with Crippen LogP contribution in [-0.2, 0) is 11.4 Å². The number of rotatable bonds is 3. The molecule has 0 unspecified atom stereocenters. The Labute approximate surface area is 70.4 Å². The highest BCUT2D eigenvalue weighted by Gasteiger charge is 2.04. The first-order valence-corrected chi connectivity index (χ1v) is 3.51. The minimum atomic E-state index is 0.0551. The van der Waals surface area contributed by atoms with Gasteiger partial charge in [-0.2, -0.15) is 5.48 Å². The Morgan fingerprint density at radius 2 is 1.92 bits per heavy atom. The van der Waals surface area contributed by atoms with Crippen LogP contribution in [0.2, 0.25) is 0 Å². The van der Waals surface area contributed by atoms with Crippen molar-refractivity contribution in [3.8, 4) is 11.5 Å². The molecule has 1 aromatic carbocycles. The lowest BCUT2D eigenvalue weighted by molar-refractivity contribution is 0.0855. The van der Waals surface area contributed by atoms with Crippen molar-refractivity contribution in [1.82, 2.24) is 5.48 Å². The monoisotopic (exact) mass is 169 g/mol. The van der Waals surface area contributed by atoms with Gasteiger partial charge in [0, 0.05) is 0 Å². The van der Waals surface area contributed by atoms with Crippen LogP contribution < -0.4 is 5.48 Å². The van der Waals surface area contributed by atoms with Gasteiger partial charge < -0.3 is 15.1 Å². The van der Waals surface area contributed by atoms with E-state index in [0.717, 1.165) is 0 Å². The molecule has 0 aliphatic heterocycles. The SMILES string of the molecule is CONCc1c(O)cccc1O. The Morgan fingerprint density at radius 3 is 2.42 bits per heavy atom. The molecule has 4 nitrogen and oxygen atoms in total. The van der Waals surface area contributed by atoms with E-state index < -0.39 is 0 Å². The van der Waals surface area contributed by atoms with E-state index in [0.29, 0.717) is 5.56 Å².